The van der Waals surface area contributed by atoms with Gasteiger partial charge in [-0.2, -0.15) is 9.36 Å². The van der Waals surface area contributed by atoms with Crippen LogP contribution >= 0.6 is 11.5 Å². The molecule has 17 heavy (non-hydrogen) atoms. The normalized spacial score (nSPS) is 10.3. The van der Waals surface area contributed by atoms with Crippen LogP contribution in [0.4, 0.5) is 5.13 Å². The molecular formula is C12H15N3OS. The van der Waals surface area contributed by atoms with Crippen molar-refractivity contribution >= 4 is 16.7 Å². The van der Waals surface area contributed by atoms with Crippen LogP contribution in [-0.2, 0) is 0 Å². The maximum atomic E-state index is 5.35. The van der Waals surface area contributed by atoms with Crippen LogP contribution in [0.2, 0.25) is 0 Å². The predicted octanol–water partition coefficient (Wildman–Crippen LogP) is 2.95. The first-order valence-electron chi connectivity index (χ1n) is 5.47. The van der Waals surface area contributed by atoms with Crippen molar-refractivity contribution in [3.63, 3.8) is 0 Å². The molecule has 2 rings (SSSR count). The Morgan fingerprint density at radius 3 is 2.94 bits per heavy atom. The van der Waals surface area contributed by atoms with Crippen LogP contribution in [0.1, 0.15) is 12.5 Å². The van der Waals surface area contributed by atoms with Crippen molar-refractivity contribution in [1.29, 1.82) is 0 Å². The molecule has 1 heterocycles. The summed E-state index contributed by atoms with van der Waals surface area (Å²) in [5.74, 6) is 1.52. The molecule has 0 bridgehead atoms. The Morgan fingerprint density at radius 1 is 1.41 bits per heavy atom. The number of anilines is 1. The molecule has 0 radical (unpaired) electrons. The van der Waals surface area contributed by atoms with E-state index in [9.17, 15) is 0 Å². The summed E-state index contributed by atoms with van der Waals surface area (Å²) < 4.78 is 9.69. The molecule has 0 saturated heterocycles. The van der Waals surface area contributed by atoms with Gasteiger partial charge in [-0.3, -0.25) is 0 Å². The van der Waals surface area contributed by atoms with Crippen LogP contribution in [0, 0.1) is 6.92 Å². The van der Waals surface area contributed by atoms with Crippen molar-refractivity contribution in [2.45, 2.75) is 13.8 Å². The molecule has 90 valence electrons. The van der Waals surface area contributed by atoms with E-state index in [0.717, 1.165) is 28.6 Å². The van der Waals surface area contributed by atoms with Gasteiger partial charge in [0.05, 0.1) is 12.7 Å². The Kier molecular flexibility index (Phi) is 3.58. The quantitative estimate of drug-likeness (QED) is 0.905. The van der Waals surface area contributed by atoms with Gasteiger partial charge in [-0.25, -0.2) is 0 Å². The summed E-state index contributed by atoms with van der Waals surface area (Å²) in [4.78, 5) is 4.42. The van der Waals surface area contributed by atoms with E-state index in [4.69, 9.17) is 4.74 Å². The lowest BCUT2D eigenvalue weighted by Gasteiger charge is -2.06. The Balaban J connectivity index is 2.37. The number of aromatic nitrogens is 2. The highest BCUT2D eigenvalue weighted by atomic mass is 32.1. The first kappa shape index (κ1) is 11.9. The van der Waals surface area contributed by atoms with Gasteiger partial charge in [-0.1, -0.05) is 6.07 Å². The van der Waals surface area contributed by atoms with Crippen molar-refractivity contribution in [1.82, 2.24) is 9.36 Å². The summed E-state index contributed by atoms with van der Waals surface area (Å²) in [6.45, 7) is 4.91. The van der Waals surface area contributed by atoms with E-state index in [1.807, 2.05) is 32.0 Å². The predicted molar refractivity (Wildman–Crippen MR) is 70.8 cm³/mol. The largest absolute Gasteiger partial charge is 0.496 e. The zero-order valence-electron chi connectivity index (χ0n) is 10.2. The number of aryl methyl sites for hydroxylation is 1. The molecule has 1 aromatic carbocycles. The first-order valence-corrected chi connectivity index (χ1v) is 6.24. The average molecular weight is 249 g/mol. The molecule has 5 heteroatoms. The summed E-state index contributed by atoms with van der Waals surface area (Å²) in [6.07, 6.45) is 0. The topological polar surface area (TPSA) is 47.0 Å². The third-order valence-corrected chi connectivity index (χ3v) is 3.02. The first-order chi connectivity index (χ1) is 8.24. The van der Waals surface area contributed by atoms with E-state index in [1.165, 1.54) is 11.5 Å². The van der Waals surface area contributed by atoms with Crippen molar-refractivity contribution in [2.75, 3.05) is 19.0 Å². The number of benzene rings is 1. The van der Waals surface area contributed by atoms with Gasteiger partial charge < -0.3 is 10.1 Å². The molecule has 0 aliphatic heterocycles. The van der Waals surface area contributed by atoms with Gasteiger partial charge in [-0.05, 0) is 31.5 Å². The van der Waals surface area contributed by atoms with Gasteiger partial charge >= 0.3 is 0 Å². The van der Waals surface area contributed by atoms with Gasteiger partial charge in [0.2, 0.25) is 5.13 Å². The molecule has 2 aromatic rings. The zero-order valence-corrected chi connectivity index (χ0v) is 11.0. The number of ether oxygens (including phenoxy) is 1. The minimum atomic E-state index is 0.711. The second-order valence-electron chi connectivity index (χ2n) is 3.66. The number of hydrogen-bond acceptors (Lipinski definition) is 5. The van der Waals surface area contributed by atoms with Gasteiger partial charge in [0, 0.05) is 18.1 Å². The lowest BCUT2D eigenvalue weighted by atomic mass is 10.1. The Labute approximate surface area is 105 Å². The monoisotopic (exact) mass is 249 g/mol. The van der Waals surface area contributed by atoms with E-state index >= 15 is 0 Å². The van der Waals surface area contributed by atoms with Crippen LogP contribution in [0.25, 0.3) is 11.4 Å². The Morgan fingerprint density at radius 2 is 2.24 bits per heavy atom. The molecule has 0 spiro atoms. The smallest absolute Gasteiger partial charge is 0.202 e. The van der Waals surface area contributed by atoms with Crippen molar-refractivity contribution in [2.24, 2.45) is 0 Å². The molecule has 0 saturated carbocycles. The lowest BCUT2D eigenvalue weighted by Crippen LogP contribution is -1.95. The second kappa shape index (κ2) is 5.14. The Hall–Kier alpha value is -1.62. The molecule has 0 aliphatic carbocycles. The number of methoxy groups -OCH3 is 1. The van der Waals surface area contributed by atoms with Crippen molar-refractivity contribution in [3.8, 4) is 17.1 Å². The number of nitrogens with zero attached hydrogens (tertiary/aromatic N) is 2. The SMILES string of the molecule is CCNc1nc(-c2ccc(C)cc2OC)ns1. The van der Waals surface area contributed by atoms with E-state index in [1.54, 1.807) is 7.11 Å². The van der Waals surface area contributed by atoms with E-state index < -0.39 is 0 Å². The summed E-state index contributed by atoms with van der Waals surface area (Å²) in [5.41, 5.74) is 2.09. The van der Waals surface area contributed by atoms with Crippen LogP contribution in [0.5, 0.6) is 5.75 Å². The zero-order chi connectivity index (χ0) is 12.3. The fraction of sp³-hybridized carbons (Fsp3) is 0.333. The Bertz CT molecular complexity index is 510. The van der Waals surface area contributed by atoms with Crippen LogP contribution in [0.15, 0.2) is 18.2 Å². The number of hydrogen-bond donors (Lipinski definition) is 1. The highest BCUT2D eigenvalue weighted by molar-refractivity contribution is 7.09. The second-order valence-corrected chi connectivity index (χ2v) is 4.41. The standard InChI is InChI=1S/C12H15N3OS/c1-4-13-12-14-11(15-17-12)9-6-5-8(2)7-10(9)16-3/h5-7H,4H2,1-3H3,(H,13,14,15). The van der Waals surface area contributed by atoms with Crippen LogP contribution < -0.4 is 10.1 Å². The van der Waals surface area contributed by atoms with Gasteiger partial charge in [-0.15, -0.1) is 0 Å². The number of rotatable bonds is 4. The minimum Gasteiger partial charge on any atom is -0.496 e. The minimum absolute atomic E-state index is 0.711. The van der Waals surface area contributed by atoms with Gasteiger partial charge in [0.25, 0.3) is 0 Å². The molecule has 0 amide bonds. The fourth-order valence-corrected chi connectivity index (χ4v) is 2.19. The third kappa shape index (κ3) is 2.55. The van der Waals surface area contributed by atoms with Crippen LogP contribution in [0.3, 0.4) is 0 Å². The molecule has 1 N–H and O–H groups in total. The van der Waals surface area contributed by atoms with Crippen LogP contribution in [-0.4, -0.2) is 23.0 Å². The van der Waals surface area contributed by atoms with Gasteiger partial charge in [0.15, 0.2) is 5.82 Å². The summed E-state index contributed by atoms with van der Waals surface area (Å²) in [7, 11) is 1.66. The maximum Gasteiger partial charge on any atom is 0.202 e. The van der Waals surface area contributed by atoms with E-state index in [-0.39, 0.29) is 0 Å². The molecule has 1 aromatic heterocycles. The molecule has 4 nitrogen and oxygen atoms in total. The third-order valence-electron chi connectivity index (χ3n) is 2.35. The molecule has 0 atom stereocenters. The number of nitrogens with one attached hydrogen (secondary N) is 1. The van der Waals surface area contributed by atoms with E-state index in [0.29, 0.717) is 5.82 Å². The summed E-state index contributed by atoms with van der Waals surface area (Å²) >= 11 is 1.36. The highest BCUT2D eigenvalue weighted by Gasteiger charge is 2.11. The lowest BCUT2D eigenvalue weighted by molar-refractivity contribution is 0.416. The molecule has 0 aliphatic rings. The molecule has 0 unspecified atom stereocenters. The molecule has 0 fully saturated rings. The highest BCUT2D eigenvalue weighted by Crippen LogP contribution is 2.30. The average Bonchev–Trinajstić information content (AvgIpc) is 2.78. The van der Waals surface area contributed by atoms with Crippen molar-refractivity contribution in [3.05, 3.63) is 23.8 Å². The maximum absolute atomic E-state index is 5.35. The molecular weight excluding hydrogens is 234 g/mol. The summed E-state index contributed by atoms with van der Waals surface area (Å²) in [5, 5.41) is 3.99. The summed E-state index contributed by atoms with van der Waals surface area (Å²) in [6, 6.07) is 6.01. The van der Waals surface area contributed by atoms with E-state index in [2.05, 4.69) is 14.7 Å². The van der Waals surface area contributed by atoms with Crippen molar-refractivity contribution < 1.29 is 4.74 Å². The van der Waals surface area contributed by atoms with Gasteiger partial charge in [0.1, 0.15) is 5.75 Å². The fourth-order valence-electron chi connectivity index (χ4n) is 1.54.